The minimum Gasteiger partial charge on any atom is -0.507 e. The quantitative estimate of drug-likeness (QED) is 0.669. The molecule has 0 saturated carbocycles. The molecule has 3 aromatic rings. The molecule has 144 valence electrons. The molecule has 2 aromatic carbocycles. The number of benzene rings is 2. The third-order valence-corrected chi connectivity index (χ3v) is 4.48. The molecule has 0 saturated heterocycles. The number of hydrogen-bond donors (Lipinski definition) is 2. The second-order valence-electron chi connectivity index (χ2n) is 6.39. The Morgan fingerprint density at radius 2 is 1.75 bits per heavy atom. The fourth-order valence-corrected chi connectivity index (χ4v) is 2.81. The van der Waals surface area contributed by atoms with Crippen LogP contribution >= 0.6 is 0 Å². The highest BCUT2D eigenvalue weighted by molar-refractivity contribution is 5.85. The fraction of sp³-hybridized carbons (Fsp3) is 0.190. The van der Waals surface area contributed by atoms with Crippen molar-refractivity contribution in [1.82, 2.24) is 9.36 Å². The summed E-state index contributed by atoms with van der Waals surface area (Å²) >= 11 is 0. The summed E-state index contributed by atoms with van der Waals surface area (Å²) in [7, 11) is 1.87. The molecule has 7 nitrogen and oxygen atoms in total. The van der Waals surface area contributed by atoms with Gasteiger partial charge in [-0.15, -0.1) is 0 Å². The Kier molecular flexibility index (Phi) is 5.44. The van der Waals surface area contributed by atoms with Crippen molar-refractivity contribution in [2.24, 2.45) is 17.0 Å². The smallest absolute Gasteiger partial charge is 0.328 e. The molecule has 28 heavy (non-hydrogen) atoms. The van der Waals surface area contributed by atoms with Gasteiger partial charge in [-0.05, 0) is 38.1 Å². The van der Waals surface area contributed by atoms with Gasteiger partial charge in [0.05, 0.1) is 11.4 Å². The van der Waals surface area contributed by atoms with Crippen LogP contribution in [-0.2, 0) is 11.8 Å². The predicted molar refractivity (Wildman–Crippen MR) is 107 cm³/mol. The maximum atomic E-state index is 11.4. The number of aliphatic imine (C=N–C) groups is 1. The number of para-hydroxylation sites is 2. The lowest BCUT2D eigenvalue weighted by Crippen LogP contribution is -2.25. The molecule has 0 aliphatic heterocycles. The number of aromatic hydroxyl groups is 1. The molecule has 1 atom stereocenters. The lowest BCUT2D eigenvalue weighted by molar-refractivity contribution is -0.138. The van der Waals surface area contributed by atoms with Gasteiger partial charge in [-0.1, -0.05) is 30.3 Å². The van der Waals surface area contributed by atoms with Crippen molar-refractivity contribution in [3.05, 3.63) is 71.3 Å². The molecular weight excluding hydrogens is 356 g/mol. The molecule has 2 N–H and O–H groups in total. The van der Waals surface area contributed by atoms with Crippen LogP contribution in [0.5, 0.6) is 5.75 Å². The minimum atomic E-state index is -1.02. The molecule has 0 aliphatic rings. The topological polar surface area (TPSA) is 92.1 Å². The Labute approximate surface area is 162 Å². The van der Waals surface area contributed by atoms with E-state index in [0.29, 0.717) is 16.7 Å². The van der Waals surface area contributed by atoms with Gasteiger partial charge in [0.15, 0.2) is 5.49 Å². The summed E-state index contributed by atoms with van der Waals surface area (Å²) in [5.41, 5.74) is 3.20. The maximum absolute atomic E-state index is 11.4. The molecule has 0 spiro atoms. The van der Waals surface area contributed by atoms with Crippen LogP contribution in [0, 0.1) is 6.92 Å². The molecule has 7 heteroatoms. The summed E-state index contributed by atoms with van der Waals surface area (Å²) in [6.07, 6.45) is 1.55. The van der Waals surface area contributed by atoms with Gasteiger partial charge in [0.1, 0.15) is 17.5 Å². The Bertz CT molecular complexity index is 1090. The molecule has 0 aliphatic carbocycles. The molecule has 0 bridgehead atoms. The highest BCUT2D eigenvalue weighted by Gasteiger charge is 2.17. The van der Waals surface area contributed by atoms with E-state index in [0.717, 1.165) is 11.4 Å². The first kappa shape index (κ1) is 19.2. The first-order valence-electron chi connectivity index (χ1n) is 8.83. The van der Waals surface area contributed by atoms with Crippen LogP contribution in [0.1, 0.15) is 18.2 Å². The summed E-state index contributed by atoms with van der Waals surface area (Å²) < 4.78 is 3.70. The van der Waals surface area contributed by atoms with Crippen LogP contribution in [-0.4, -0.2) is 37.8 Å². The van der Waals surface area contributed by atoms with Gasteiger partial charge in [0.25, 0.3) is 0 Å². The first-order valence-corrected chi connectivity index (χ1v) is 8.83. The van der Waals surface area contributed by atoms with Crippen LogP contribution in [0.2, 0.25) is 0 Å². The number of aromatic nitrogens is 2. The largest absolute Gasteiger partial charge is 0.507 e. The lowest BCUT2D eigenvalue weighted by atomic mass is 10.2. The Hall–Kier alpha value is -3.61. The predicted octanol–water partition coefficient (Wildman–Crippen LogP) is 2.95. The van der Waals surface area contributed by atoms with Crippen molar-refractivity contribution in [2.75, 3.05) is 0 Å². The number of carbonyl (C=O) groups is 1. The van der Waals surface area contributed by atoms with Gasteiger partial charge in [-0.2, -0.15) is 0 Å². The van der Waals surface area contributed by atoms with E-state index in [-0.39, 0.29) is 5.75 Å². The summed E-state index contributed by atoms with van der Waals surface area (Å²) in [5, 5.41) is 19.3. The zero-order valence-corrected chi connectivity index (χ0v) is 15.9. The number of phenols is 1. The number of carboxylic acid groups (broad SMARTS) is 1. The van der Waals surface area contributed by atoms with E-state index in [2.05, 4.69) is 9.98 Å². The minimum absolute atomic E-state index is 0.119. The van der Waals surface area contributed by atoms with E-state index in [1.54, 1.807) is 30.5 Å². The molecule has 0 radical (unpaired) electrons. The average Bonchev–Trinajstić information content (AvgIpc) is 2.92. The number of phenolic OH excluding ortho intramolecular Hbond substituents is 1. The van der Waals surface area contributed by atoms with Crippen LogP contribution in [0.3, 0.4) is 0 Å². The second-order valence-corrected chi connectivity index (χ2v) is 6.39. The Morgan fingerprint density at radius 1 is 1.11 bits per heavy atom. The average molecular weight is 378 g/mol. The summed E-state index contributed by atoms with van der Waals surface area (Å²) in [4.78, 5) is 20.4. The van der Waals surface area contributed by atoms with Crippen LogP contribution < -0.4 is 5.49 Å². The molecule has 0 amide bonds. The fourth-order valence-electron chi connectivity index (χ4n) is 2.81. The van der Waals surface area contributed by atoms with Crippen molar-refractivity contribution in [1.29, 1.82) is 0 Å². The molecule has 1 aromatic heterocycles. The van der Waals surface area contributed by atoms with Crippen LogP contribution in [0.25, 0.3) is 5.69 Å². The standard InChI is InChI=1S/C21H22N4O3/c1-14(21(27)28)23-20-19(22-13-16-9-7-8-12-18(16)26)15(2)24(3)25(20)17-10-5-4-6-11-17/h4-14,26H,1-3H3,(H,27,28)/t14-/m0/s1. The molecule has 3 rings (SSSR count). The number of hydrogen-bond acceptors (Lipinski definition) is 4. The molecule has 0 unspecified atom stereocenters. The van der Waals surface area contributed by atoms with Gasteiger partial charge in [0.2, 0.25) is 0 Å². The number of aliphatic carboxylic acids is 1. The highest BCUT2D eigenvalue weighted by atomic mass is 16.4. The monoisotopic (exact) mass is 378 g/mol. The van der Waals surface area contributed by atoms with Gasteiger partial charge in [-0.3, -0.25) is 9.67 Å². The zero-order valence-electron chi connectivity index (χ0n) is 15.9. The Balaban J connectivity index is 2.25. The second kappa shape index (κ2) is 7.96. The normalized spacial score (nSPS) is 13.2. The highest BCUT2D eigenvalue weighted by Crippen LogP contribution is 2.19. The Morgan fingerprint density at radius 3 is 2.39 bits per heavy atom. The zero-order chi connectivity index (χ0) is 20.3. The van der Waals surface area contributed by atoms with Crippen molar-refractivity contribution in [3.63, 3.8) is 0 Å². The van der Waals surface area contributed by atoms with E-state index in [4.69, 9.17) is 0 Å². The summed E-state index contributed by atoms with van der Waals surface area (Å²) in [6.45, 7) is 3.41. The van der Waals surface area contributed by atoms with Gasteiger partial charge >= 0.3 is 5.97 Å². The first-order chi connectivity index (χ1) is 13.4. The van der Waals surface area contributed by atoms with E-state index in [1.165, 1.54) is 6.92 Å². The van der Waals surface area contributed by atoms with E-state index in [9.17, 15) is 15.0 Å². The number of rotatable bonds is 5. The van der Waals surface area contributed by atoms with Crippen molar-refractivity contribution >= 4 is 17.9 Å². The molecule has 1 heterocycles. The van der Waals surface area contributed by atoms with E-state index in [1.807, 2.05) is 53.7 Å². The van der Waals surface area contributed by atoms with Crippen LogP contribution in [0.15, 0.2) is 64.6 Å². The number of carboxylic acids is 1. The lowest BCUT2D eigenvalue weighted by Gasteiger charge is -2.09. The third kappa shape index (κ3) is 3.73. The van der Waals surface area contributed by atoms with Gasteiger partial charge in [0, 0.05) is 18.8 Å². The van der Waals surface area contributed by atoms with Crippen molar-refractivity contribution in [3.8, 4) is 11.4 Å². The van der Waals surface area contributed by atoms with Crippen molar-refractivity contribution in [2.45, 2.75) is 19.9 Å². The van der Waals surface area contributed by atoms with Crippen molar-refractivity contribution < 1.29 is 15.0 Å². The summed E-state index contributed by atoms with van der Waals surface area (Å²) in [6, 6.07) is 15.5. The maximum Gasteiger partial charge on any atom is 0.328 e. The van der Waals surface area contributed by atoms with E-state index < -0.39 is 12.0 Å². The van der Waals surface area contributed by atoms with Gasteiger partial charge < -0.3 is 10.2 Å². The molecule has 0 fully saturated rings. The van der Waals surface area contributed by atoms with Gasteiger partial charge in [-0.25, -0.2) is 14.5 Å². The van der Waals surface area contributed by atoms with Crippen LogP contribution in [0.4, 0.5) is 5.69 Å². The third-order valence-electron chi connectivity index (χ3n) is 4.48. The summed E-state index contributed by atoms with van der Waals surface area (Å²) in [5.74, 6) is -0.898. The SMILES string of the molecule is Cc1c(N=Cc2ccccc2O)c(=N[C@@H](C)C(=O)O)n(-c2ccccc2)n1C. The molecular formula is C21H22N4O3. The number of nitrogens with zero attached hydrogens (tertiary/aromatic N) is 4. The van der Waals surface area contributed by atoms with E-state index >= 15 is 0 Å².